The van der Waals surface area contributed by atoms with Crippen molar-refractivity contribution in [2.75, 3.05) is 7.11 Å². The van der Waals surface area contributed by atoms with Crippen LogP contribution in [-0.4, -0.2) is 43.9 Å². The predicted octanol–water partition coefficient (Wildman–Crippen LogP) is 4.87. The van der Waals surface area contributed by atoms with Gasteiger partial charge in [-0.25, -0.2) is 15.0 Å². The van der Waals surface area contributed by atoms with Crippen molar-refractivity contribution in [1.29, 1.82) is 0 Å². The normalized spacial score (nSPS) is 18.2. The Morgan fingerprint density at radius 1 is 1.18 bits per heavy atom. The van der Waals surface area contributed by atoms with Gasteiger partial charge in [-0.3, -0.25) is 4.79 Å². The third-order valence-electron chi connectivity index (χ3n) is 6.27. The standard InChI is InChI=1S/C26H25N5O2/c1-15-6-8-19(24-27-10-5-11-28-24)20(12-15)26(32)31-17(3)16(2)13-23(31)25-29-21-9-7-18(33-4)14-22(21)30-25/h5-12,14,17,23H,2,13H2,1,3-4H3,(H,29,30). The average molecular weight is 440 g/mol. The van der Waals surface area contributed by atoms with Crippen LogP contribution in [-0.2, 0) is 0 Å². The summed E-state index contributed by atoms with van der Waals surface area (Å²) in [5, 5.41) is 0. The number of amides is 1. The number of aromatic amines is 1. The quantitative estimate of drug-likeness (QED) is 0.459. The molecule has 0 radical (unpaired) electrons. The van der Waals surface area contributed by atoms with E-state index in [1.165, 1.54) is 0 Å². The molecule has 2 atom stereocenters. The van der Waals surface area contributed by atoms with Crippen molar-refractivity contribution in [1.82, 2.24) is 24.8 Å². The number of aryl methyl sites for hydroxylation is 1. The highest BCUT2D eigenvalue weighted by Crippen LogP contribution is 2.40. The van der Waals surface area contributed by atoms with E-state index in [9.17, 15) is 4.79 Å². The number of imidazole rings is 1. The number of fused-ring (bicyclic) bond motifs is 1. The van der Waals surface area contributed by atoms with Crippen LogP contribution in [0, 0.1) is 6.92 Å². The molecule has 4 aromatic rings. The van der Waals surface area contributed by atoms with Crippen LogP contribution in [0.2, 0.25) is 0 Å². The van der Waals surface area contributed by atoms with Crippen molar-refractivity contribution in [3.05, 3.63) is 84.0 Å². The van der Waals surface area contributed by atoms with Gasteiger partial charge in [-0.2, -0.15) is 0 Å². The van der Waals surface area contributed by atoms with Gasteiger partial charge in [0.1, 0.15) is 11.6 Å². The fraction of sp³-hybridized carbons (Fsp3) is 0.231. The zero-order valence-electron chi connectivity index (χ0n) is 18.9. The summed E-state index contributed by atoms with van der Waals surface area (Å²) >= 11 is 0. The molecule has 0 spiro atoms. The Labute approximate surface area is 192 Å². The van der Waals surface area contributed by atoms with E-state index in [1.807, 2.05) is 55.1 Å². The van der Waals surface area contributed by atoms with Crippen molar-refractivity contribution in [3.63, 3.8) is 0 Å². The van der Waals surface area contributed by atoms with Crippen LogP contribution in [0.1, 0.15) is 41.1 Å². The SMILES string of the molecule is C=C1CC(c2nc3ccc(OC)cc3[nH]2)N(C(=O)c2cc(C)ccc2-c2ncccn2)C1C. The Balaban J connectivity index is 1.58. The maximum atomic E-state index is 14.0. The van der Waals surface area contributed by atoms with Gasteiger partial charge in [0.05, 0.1) is 35.8 Å². The van der Waals surface area contributed by atoms with Crippen molar-refractivity contribution >= 4 is 16.9 Å². The number of likely N-dealkylation sites (tertiary alicyclic amines) is 1. The summed E-state index contributed by atoms with van der Waals surface area (Å²) in [4.78, 5) is 32.8. The minimum Gasteiger partial charge on any atom is -0.497 e. The van der Waals surface area contributed by atoms with Crippen molar-refractivity contribution in [2.24, 2.45) is 0 Å². The second-order valence-corrected chi connectivity index (χ2v) is 8.39. The van der Waals surface area contributed by atoms with Gasteiger partial charge in [0.25, 0.3) is 5.91 Å². The van der Waals surface area contributed by atoms with E-state index in [2.05, 4.69) is 21.5 Å². The Bertz CT molecular complexity index is 1360. The van der Waals surface area contributed by atoms with Crippen LogP contribution in [0.15, 0.2) is 67.0 Å². The van der Waals surface area contributed by atoms with Gasteiger partial charge in [-0.1, -0.05) is 29.8 Å². The van der Waals surface area contributed by atoms with E-state index in [0.717, 1.165) is 33.7 Å². The Morgan fingerprint density at radius 2 is 1.97 bits per heavy atom. The molecular weight excluding hydrogens is 414 g/mol. The summed E-state index contributed by atoms with van der Waals surface area (Å²) in [6.45, 7) is 8.23. The van der Waals surface area contributed by atoms with Crippen LogP contribution in [0.3, 0.4) is 0 Å². The molecule has 1 N–H and O–H groups in total. The maximum Gasteiger partial charge on any atom is 0.255 e. The molecule has 0 saturated carbocycles. The molecule has 7 nitrogen and oxygen atoms in total. The van der Waals surface area contributed by atoms with Crippen molar-refractivity contribution in [2.45, 2.75) is 32.4 Å². The van der Waals surface area contributed by atoms with Crippen LogP contribution >= 0.6 is 0 Å². The maximum absolute atomic E-state index is 14.0. The molecule has 1 fully saturated rings. The van der Waals surface area contributed by atoms with E-state index < -0.39 is 0 Å². The Hall–Kier alpha value is -4.00. The molecule has 2 aromatic carbocycles. The topological polar surface area (TPSA) is 84.0 Å². The highest BCUT2D eigenvalue weighted by molar-refractivity contribution is 6.01. The number of nitrogens with zero attached hydrogens (tertiary/aromatic N) is 4. The number of carbonyl (C=O) groups is 1. The molecule has 5 rings (SSSR count). The van der Waals surface area contributed by atoms with E-state index in [0.29, 0.717) is 23.4 Å². The van der Waals surface area contributed by atoms with Crippen LogP contribution in [0.4, 0.5) is 0 Å². The van der Waals surface area contributed by atoms with Gasteiger partial charge >= 0.3 is 0 Å². The molecule has 0 bridgehead atoms. The number of hydrogen-bond acceptors (Lipinski definition) is 5. The third-order valence-corrected chi connectivity index (χ3v) is 6.27. The summed E-state index contributed by atoms with van der Waals surface area (Å²) in [6, 6.07) is 12.9. The molecule has 1 aliphatic rings. The third kappa shape index (κ3) is 3.65. The fourth-order valence-corrected chi connectivity index (χ4v) is 4.43. The molecular formula is C26H25N5O2. The molecule has 2 aromatic heterocycles. The lowest BCUT2D eigenvalue weighted by Gasteiger charge is -2.28. The largest absolute Gasteiger partial charge is 0.497 e. The first kappa shape index (κ1) is 20.9. The first-order chi connectivity index (χ1) is 16.0. The fourth-order valence-electron chi connectivity index (χ4n) is 4.43. The molecule has 1 amide bonds. The summed E-state index contributed by atoms with van der Waals surface area (Å²) in [5.41, 5.74) is 4.98. The minimum absolute atomic E-state index is 0.0876. The lowest BCUT2D eigenvalue weighted by atomic mass is 10.0. The van der Waals surface area contributed by atoms with Gasteiger partial charge in [0.2, 0.25) is 0 Å². The predicted molar refractivity (Wildman–Crippen MR) is 127 cm³/mol. The molecule has 166 valence electrons. The van der Waals surface area contributed by atoms with Gasteiger partial charge in [0, 0.05) is 24.0 Å². The van der Waals surface area contributed by atoms with Crippen molar-refractivity contribution < 1.29 is 9.53 Å². The van der Waals surface area contributed by atoms with E-state index in [4.69, 9.17) is 9.72 Å². The molecule has 1 aliphatic heterocycles. The first-order valence-corrected chi connectivity index (χ1v) is 10.9. The monoisotopic (exact) mass is 439 g/mol. The number of methoxy groups -OCH3 is 1. The summed E-state index contributed by atoms with van der Waals surface area (Å²) in [7, 11) is 1.64. The number of hydrogen-bond donors (Lipinski definition) is 1. The highest BCUT2D eigenvalue weighted by atomic mass is 16.5. The van der Waals surface area contributed by atoms with Crippen LogP contribution in [0.5, 0.6) is 5.75 Å². The molecule has 33 heavy (non-hydrogen) atoms. The number of aromatic nitrogens is 4. The van der Waals surface area contributed by atoms with Crippen molar-refractivity contribution in [3.8, 4) is 17.1 Å². The molecule has 2 unspecified atom stereocenters. The number of ether oxygens (including phenoxy) is 1. The van der Waals surface area contributed by atoms with Gasteiger partial charge in [0.15, 0.2) is 5.82 Å². The zero-order valence-corrected chi connectivity index (χ0v) is 18.9. The molecule has 1 saturated heterocycles. The average Bonchev–Trinajstić information content (AvgIpc) is 3.39. The second kappa shape index (κ2) is 8.16. The van der Waals surface area contributed by atoms with E-state index in [1.54, 1.807) is 25.6 Å². The lowest BCUT2D eigenvalue weighted by molar-refractivity contribution is 0.0681. The number of nitrogens with one attached hydrogen (secondary N) is 1. The molecule has 7 heteroatoms. The van der Waals surface area contributed by atoms with Gasteiger partial charge < -0.3 is 14.6 Å². The van der Waals surface area contributed by atoms with Crippen LogP contribution < -0.4 is 4.74 Å². The number of H-pyrrole nitrogens is 1. The molecule has 3 heterocycles. The highest BCUT2D eigenvalue weighted by Gasteiger charge is 2.40. The summed E-state index contributed by atoms with van der Waals surface area (Å²) in [6.07, 6.45) is 4.01. The lowest BCUT2D eigenvalue weighted by Crippen LogP contribution is -2.37. The number of rotatable bonds is 4. The second-order valence-electron chi connectivity index (χ2n) is 8.39. The van der Waals surface area contributed by atoms with Gasteiger partial charge in [-0.15, -0.1) is 0 Å². The Morgan fingerprint density at radius 3 is 2.73 bits per heavy atom. The molecule has 0 aliphatic carbocycles. The van der Waals surface area contributed by atoms with E-state index in [-0.39, 0.29) is 18.0 Å². The summed E-state index contributed by atoms with van der Waals surface area (Å²) in [5.74, 6) is 1.93. The van der Waals surface area contributed by atoms with E-state index >= 15 is 0 Å². The first-order valence-electron chi connectivity index (χ1n) is 10.9. The van der Waals surface area contributed by atoms with Gasteiger partial charge in [-0.05, 0) is 44.5 Å². The number of carbonyl (C=O) groups excluding carboxylic acids is 1. The minimum atomic E-state index is -0.247. The Kier molecular flexibility index (Phi) is 5.17. The smallest absolute Gasteiger partial charge is 0.255 e. The zero-order chi connectivity index (χ0) is 23.1. The summed E-state index contributed by atoms with van der Waals surface area (Å²) < 4.78 is 5.34. The number of benzene rings is 2. The van der Waals surface area contributed by atoms with Crippen LogP contribution in [0.25, 0.3) is 22.4 Å².